The highest BCUT2D eigenvalue weighted by Crippen LogP contribution is 2.20. The van der Waals surface area contributed by atoms with E-state index >= 15 is 0 Å². The molecule has 0 aromatic rings. The molecular weight excluding hydrogens is 164 g/mol. The smallest absolute Gasteiger partial charge is 0.145 e. The predicted octanol–water partition coefficient (Wildman–Crippen LogP) is 2.38. The Morgan fingerprint density at radius 2 is 2.54 bits per heavy atom. The van der Waals surface area contributed by atoms with Gasteiger partial charge in [-0.25, -0.2) is 0 Å². The molecule has 2 nitrogen and oxygen atoms in total. The molecule has 1 atom stereocenters. The van der Waals surface area contributed by atoms with Crippen molar-refractivity contribution in [2.75, 3.05) is 0 Å². The number of aldehydes is 1. The van der Waals surface area contributed by atoms with Crippen molar-refractivity contribution in [1.29, 1.82) is 0 Å². The standard InChI is InChI=1S/C11H14O2/c1-3-4-10(8-12)7-11-9(2)5-6-13-11/h4-6,8,11H,2-3,7H2,1H3/b10-4+. The third kappa shape index (κ3) is 2.58. The van der Waals surface area contributed by atoms with Crippen molar-refractivity contribution in [3.8, 4) is 0 Å². The van der Waals surface area contributed by atoms with Crippen LogP contribution in [0.15, 0.2) is 36.1 Å². The molecule has 70 valence electrons. The first-order chi connectivity index (χ1) is 6.27. The maximum absolute atomic E-state index is 10.6. The molecule has 0 amide bonds. The fourth-order valence-corrected chi connectivity index (χ4v) is 1.25. The summed E-state index contributed by atoms with van der Waals surface area (Å²) in [6, 6.07) is 0. The van der Waals surface area contributed by atoms with E-state index in [1.807, 2.05) is 19.1 Å². The minimum atomic E-state index is -0.0389. The molecule has 0 saturated heterocycles. The molecule has 2 heteroatoms. The number of carbonyl (C=O) groups is 1. The van der Waals surface area contributed by atoms with Crippen molar-refractivity contribution >= 4 is 6.29 Å². The third-order valence-corrected chi connectivity index (χ3v) is 1.98. The molecule has 1 unspecified atom stereocenters. The molecule has 1 rings (SSSR count). The summed E-state index contributed by atoms with van der Waals surface area (Å²) in [7, 11) is 0. The average Bonchev–Trinajstić information content (AvgIpc) is 2.51. The van der Waals surface area contributed by atoms with Gasteiger partial charge in [-0.2, -0.15) is 0 Å². The van der Waals surface area contributed by atoms with Gasteiger partial charge in [-0.15, -0.1) is 0 Å². The first kappa shape index (κ1) is 9.78. The Morgan fingerprint density at radius 1 is 1.77 bits per heavy atom. The lowest BCUT2D eigenvalue weighted by Gasteiger charge is -2.10. The zero-order chi connectivity index (χ0) is 9.68. The second-order valence-corrected chi connectivity index (χ2v) is 3.01. The van der Waals surface area contributed by atoms with E-state index in [0.29, 0.717) is 6.42 Å². The summed E-state index contributed by atoms with van der Waals surface area (Å²) in [6.07, 6.45) is 7.73. The lowest BCUT2D eigenvalue weighted by molar-refractivity contribution is -0.105. The molecule has 1 aliphatic rings. The van der Waals surface area contributed by atoms with E-state index in [-0.39, 0.29) is 6.10 Å². The first-order valence-corrected chi connectivity index (χ1v) is 4.43. The fourth-order valence-electron chi connectivity index (χ4n) is 1.25. The summed E-state index contributed by atoms with van der Waals surface area (Å²) >= 11 is 0. The Bertz CT molecular complexity index is 261. The van der Waals surface area contributed by atoms with Crippen molar-refractivity contribution in [2.45, 2.75) is 25.9 Å². The van der Waals surface area contributed by atoms with E-state index in [2.05, 4.69) is 6.58 Å². The van der Waals surface area contributed by atoms with Gasteiger partial charge in [0.2, 0.25) is 0 Å². The van der Waals surface area contributed by atoms with Crippen molar-refractivity contribution in [3.05, 3.63) is 36.1 Å². The van der Waals surface area contributed by atoms with Crippen molar-refractivity contribution < 1.29 is 9.53 Å². The van der Waals surface area contributed by atoms with Crippen LogP contribution >= 0.6 is 0 Å². The highest BCUT2D eigenvalue weighted by Gasteiger charge is 2.16. The molecule has 0 spiro atoms. The number of hydrogen-bond acceptors (Lipinski definition) is 2. The Kier molecular flexibility index (Phi) is 3.50. The summed E-state index contributed by atoms with van der Waals surface area (Å²) < 4.78 is 5.26. The predicted molar refractivity (Wildman–Crippen MR) is 52.2 cm³/mol. The molecule has 0 radical (unpaired) electrons. The van der Waals surface area contributed by atoms with Crippen LogP contribution in [0.1, 0.15) is 19.8 Å². The summed E-state index contributed by atoms with van der Waals surface area (Å²) in [4.78, 5) is 10.6. The van der Waals surface area contributed by atoms with Gasteiger partial charge in [0.15, 0.2) is 0 Å². The van der Waals surface area contributed by atoms with Gasteiger partial charge in [-0.3, -0.25) is 4.79 Å². The van der Waals surface area contributed by atoms with E-state index in [9.17, 15) is 4.79 Å². The number of ether oxygens (including phenoxy) is 1. The number of hydrogen-bond donors (Lipinski definition) is 0. The van der Waals surface area contributed by atoms with Crippen LogP contribution in [0.4, 0.5) is 0 Å². The quantitative estimate of drug-likeness (QED) is 0.488. The topological polar surface area (TPSA) is 26.3 Å². The molecule has 1 heterocycles. The van der Waals surface area contributed by atoms with Gasteiger partial charge in [0.25, 0.3) is 0 Å². The van der Waals surface area contributed by atoms with E-state index in [1.165, 1.54) is 0 Å². The van der Waals surface area contributed by atoms with Crippen LogP contribution in [0.25, 0.3) is 0 Å². The van der Waals surface area contributed by atoms with Crippen LogP contribution in [0, 0.1) is 0 Å². The van der Waals surface area contributed by atoms with Gasteiger partial charge < -0.3 is 4.74 Å². The zero-order valence-electron chi connectivity index (χ0n) is 7.82. The number of allylic oxidation sites excluding steroid dienone is 1. The van der Waals surface area contributed by atoms with E-state index in [4.69, 9.17) is 4.74 Å². The monoisotopic (exact) mass is 178 g/mol. The SMILES string of the molecule is C=C1C=COC1C/C(C=O)=C\CC. The normalized spacial score (nSPS) is 21.8. The Labute approximate surface area is 78.6 Å². The van der Waals surface area contributed by atoms with E-state index < -0.39 is 0 Å². The van der Waals surface area contributed by atoms with Crippen LogP contribution in [-0.4, -0.2) is 12.4 Å². The minimum absolute atomic E-state index is 0.0389. The van der Waals surface area contributed by atoms with E-state index in [0.717, 1.165) is 23.9 Å². The van der Waals surface area contributed by atoms with Gasteiger partial charge in [-0.05, 0) is 23.6 Å². The molecule has 1 aliphatic heterocycles. The van der Waals surface area contributed by atoms with Crippen LogP contribution in [0.3, 0.4) is 0 Å². The van der Waals surface area contributed by atoms with Crippen LogP contribution in [0.2, 0.25) is 0 Å². The largest absolute Gasteiger partial charge is 0.493 e. The minimum Gasteiger partial charge on any atom is -0.493 e. The summed E-state index contributed by atoms with van der Waals surface area (Å²) in [5.41, 5.74) is 1.72. The third-order valence-electron chi connectivity index (χ3n) is 1.98. The molecule has 0 aromatic carbocycles. The van der Waals surface area contributed by atoms with Crippen LogP contribution in [-0.2, 0) is 9.53 Å². The molecule has 0 saturated carbocycles. The highest BCUT2D eigenvalue weighted by atomic mass is 16.5. The number of rotatable bonds is 4. The second kappa shape index (κ2) is 4.65. The van der Waals surface area contributed by atoms with Gasteiger partial charge in [-0.1, -0.05) is 19.6 Å². The summed E-state index contributed by atoms with van der Waals surface area (Å²) in [5.74, 6) is 0. The summed E-state index contributed by atoms with van der Waals surface area (Å²) in [5, 5.41) is 0. The van der Waals surface area contributed by atoms with Gasteiger partial charge in [0, 0.05) is 6.42 Å². The van der Waals surface area contributed by atoms with E-state index in [1.54, 1.807) is 6.26 Å². The van der Waals surface area contributed by atoms with Crippen molar-refractivity contribution in [2.24, 2.45) is 0 Å². The van der Waals surface area contributed by atoms with Crippen molar-refractivity contribution in [1.82, 2.24) is 0 Å². The Morgan fingerprint density at radius 3 is 3.00 bits per heavy atom. The maximum atomic E-state index is 10.6. The molecule has 0 N–H and O–H groups in total. The van der Waals surface area contributed by atoms with Crippen molar-refractivity contribution in [3.63, 3.8) is 0 Å². The molecular formula is C11H14O2. The Hall–Kier alpha value is -1.31. The molecule has 0 bridgehead atoms. The highest BCUT2D eigenvalue weighted by molar-refractivity contribution is 5.73. The van der Waals surface area contributed by atoms with Gasteiger partial charge in [0.05, 0.1) is 6.26 Å². The molecule has 0 aliphatic carbocycles. The lowest BCUT2D eigenvalue weighted by atomic mass is 10.0. The molecule has 0 fully saturated rings. The zero-order valence-corrected chi connectivity index (χ0v) is 7.82. The molecule has 0 aromatic heterocycles. The molecule has 13 heavy (non-hydrogen) atoms. The van der Waals surface area contributed by atoms with Crippen LogP contribution in [0.5, 0.6) is 0 Å². The van der Waals surface area contributed by atoms with Gasteiger partial charge in [0.1, 0.15) is 12.4 Å². The Balaban J connectivity index is 2.52. The second-order valence-electron chi connectivity index (χ2n) is 3.01. The van der Waals surface area contributed by atoms with Crippen LogP contribution < -0.4 is 0 Å². The van der Waals surface area contributed by atoms with Gasteiger partial charge >= 0.3 is 0 Å². The number of carbonyl (C=O) groups excluding carboxylic acids is 1. The first-order valence-electron chi connectivity index (χ1n) is 4.43. The fraction of sp³-hybridized carbons (Fsp3) is 0.364. The summed E-state index contributed by atoms with van der Waals surface area (Å²) in [6.45, 7) is 5.83. The maximum Gasteiger partial charge on any atom is 0.145 e. The lowest BCUT2D eigenvalue weighted by Crippen LogP contribution is -2.08. The average molecular weight is 178 g/mol.